The summed E-state index contributed by atoms with van der Waals surface area (Å²) in [7, 11) is 0. The number of hydrogen-bond acceptors (Lipinski definition) is 4. The Bertz CT molecular complexity index is 1420. The average Bonchev–Trinajstić information content (AvgIpc) is 2.90. The molecule has 1 aliphatic rings. The van der Waals surface area contributed by atoms with Crippen LogP contribution in [-0.2, 0) is 10.2 Å². The summed E-state index contributed by atoms with van der Waals surface area (Å²) in [5.74, 6) is -0.166. The summed E-state index contributed by atoms with van der Waals surface area (Å²) in [6.45, 7) is 3.23. The minimum atomic E-state index is -0.362. The van der Waals surface area contributed by atoms with E-state index >= 15 is 0 Å². The fraction of sp³-hybridized carbons (Fsp3) is 0.241. The quantitative estimate of drug-likeness (QED) is 0.424. The van der Waals surface area contributed by atoms with Gasteiger partial charge in [0.25, 0.3) is 5.91 Å². The predicted molar refractivity (Wildman–Crippen MR) is 133 cm³/mol. The summed E-state index contributed by atoms with van der Waals surface area (Å²) >= 11 is 0. The molecule has 0 aliphatic carbocycles. The first-order chi connectivity index (χ1) is 17.0. The Labute approximate surface area is 202 Å². The summed E-state index contributed by atoms with van der Waals surface area (Å²) < 4.78 is 25.3. The van der Waals surface area contributed by atoms with Crippen molar-refractivity contribution in [2.75, 3.05) is 19.8 Å². The number of ether oxygens (including phenoxy) is 1. The van der Waals surface area contributed by atoms with E-state index in [2.05, 4.69) is 5.32 Å². The van der Waals surface area contributed by atoms with Crippen LogP contribution in [-0.4, -0.2) is 25.7 Å². The zero-order valence-electron chi connectivity index (χ0n) is 19.5. The van der Waals surface area contributed by atoms with E-state index in [1.807, 2.05) is 30.3 Å². The third kappa shape index (κ3) is 4.37. The second kappa shape index (κ2) is 9.47. The van der Waals surface area contributed by atoms with Crippen LogP contribution in [0.5, 0.6) is 0 Å². The third-order valence-electron chi connectivity index (χ3n) is 6.92. The summed E-state index contributed by atoms with van der Waals surface area (Å²) in [5.41, 5.74) is 2.29. The first kappa shape index (κ1) is 23.0. The zero-order chi connectivity index (χ0) is 24.4. The molecule has 178 valence electrons. The molecule has 0 saturated carbocycles. The highest BCUT2D eigenvalue weighted by Crippen LogP contribution is 2.35. The minimum Gasteiger partial charge on any atom is -0.455 e. The van der Waals surface area contributed by atoms with Gasteiger partial charge in [0.1, 0.15) is 11.6 Å². The van der Waals surface area contributed by atoms with E-state index in [-0.39, 0.29) is 28.2 Å². The lowest BCUT2D eigenvalue weighted by atomic mass is 9.74. The largest absolute Gasteiger partial charge is 0.455 e. The van der Waals surface area contributed by atoms with Crippen molar-refractivity contribution < 1.29 is 18.3 Å². The van der Waals surface area contributed by atoms with Crippen LogP contribution in [0.15, 0.2) is 82.0 Å². The van der Waals surface area contributed by atoms with Gasteiger partial charge in [-0.1, -0.05) is 48.5 Å². The number of carbonyl (C=O) groups excluding carboxylic acids is 1. The molecule has 0 spiro atoms. The maximum absolute atomic E-state index is 13.5. The Balaban J connectivity index is 1.50. The number of hydrogen-bond donors (Lipinski definition) is 1. The van der Waals surface area contributed by atoms with Gasteiger partial charge >= 0.3 is 0 Å². The standard InChI is InChI=1S/C29H26FNO4/c1-19-25(32)23-8-5-9-24(27(23)35-26(19)20-6-3-2-4-7-20)28(33)31-18-29(14-16-34-17-15-29)21-10-12-22(30)13-11-21/h2-13H,14-18H2,1H3,(H,31,33). The zero-order valence-corrected chi connectivity index (χ0v) is 19.5. The molecule has 0 atom stereocenters. The van der Waals surface area contributed by atoms with Crippen molar-refractivity contribution in [3.8, 4) is 11.3 Å². The molecule has 35 heavy (non-hydrogen) atoms. The molecule has 3 aromatic carbocycles. The molecular formula is C29H26FNO4. The number of fused-ring (bicyclic) bond motifs is 1. The van der Waals surface area contributed by atoms with Gasteiger partial charge in [0.05, 0.1) is 10.9 Å². The second-order valence-corrected chi connectivity index (χ2v) is 9.02. The number of rotatable bonds is 5. The Kier molecular flexibility index (Phi) is 6.22. The number of carbonyl (C=O) groups is 1. The number of halogens is 1. The van der Waals surface area contributed by atoms with Gasteiger partial charge in [0.2, 0.25) is 0 Å². The second-order valence-electron chi connectivity index (χ2n) is 9.02. The molecule has 0 bridgehead atoms. The van der Waals surface area contributed by atoms with Crippen LogP contribution in [0.3, 0.4) is 0 Å². The molecule has 5 rings (SSSR count). The molecule has 1 aliphatic heterocycles. The molecule has 1 saturated heterocycles. The molecule has 6 heteroatoms. The van der Waals surface area contributed by atoms with Crippen LogP contribution in [0.1, 0.15) is 34.3 Å². The van der Waals surface area contributed by atoms with E-state index < -0.39 is 0 Å². The van der Waals surface area contributed by atoms with Crippen molar-refractivity contribution in [2.45, 2.75) is 25.2 Å². The lowest BCUT2D eigenvalue weighted by molar-refractivity contribution is 0.0487. The Morgan fingerprint density at radius 2 is 1.69 bits per heavy atom. The van der Waals surface area contributed by atoms with Crippen molar-refractivity contribution in [1.29, 1.82) is 0 Å². The van der Waals surface area contributed by atoms with Gasteiger partial charge in [-0.3, -0.25) is 9.59 Å². The van der Waals surface area contributed by atoms with Crippen LogP contribution in [0, 0.1) is 12.7 Å². The van der Waals surface area contributed by atoms with Gasteiger partial charge in [-0.2, -0.15) is 0 Å². The van der Waals surface area contributed by atoms with Crippen LogP contribution in [0.4, 0.5) is 4.39 Å². The Morgan fingerprint density at radius 1 is 0.971 bits per heavy atom. The third-order valence-corrected chi connectivity index (χ3v) is 6.92. The van der Waals surface area contributed by atoms with Crippen LogP contribution in [0.2, 0.25) is 0 Å². The predicted octanol–water partition coefficient (Wildman–Crippen LogP) is 5.39. The highest BCUT2D eigenvalue weighted by Gasteiger charge is 2.35. The van der Waals surface area contributed by atoms with E-state index in [1.54, 1.807) is 37.3 Å². The normalized spacial score (nSPS) is 15.1. The van der Waals surface area contributed by atoms with Crippen molar-refractivity contribution in [1.82, 2.24) is 5.32 Å². The van der Waals surface area contributed by atoms with Gasteiger partial charge in [-0.25, -0.2) is 4.39 Å². The van der Waals surface area contributed by atoms with Gasteiger partial charge in [0, 0.05) is 36.3 Å². The van der Waals surface area contributed by atoms with Crippen molar-refractivity contribution in [3.63, 3.8) is 0 Å². The highest BCUT2D eigenvalue weighted by atomic mass is 19.1. The first-order valence-electron chi connectivity index (χ1n) is 11.7. The maximum atomic E-state index is 13.5. The van der Waals surface area contributed by atoms with E-state index in [0.717, 1.165) is 11.1 Å². The molecule has 5 nitrogen and oxygen atoms in total. The van der Waals surface area contributed by atoms with Crippen LogP contribution in [0.25, 0.3) is 22.3 Å². The molecule has 2 heterocycles. The number of benzene rings is 3. The average molecular weight is 472 g/mol. The van der Waals surface area contributed by atoms with Gasteiger partial charge in [-0.15, -0.1) is 0 Å². The minimum absolute atomic E-state index is 0.160. The molecule has 1 aromatic heterocycles. The molecule has 4 aromatic rings. The van der Waals surface area contributed by atoms with Crippen LogP contribution < -0.4 is 10.7 Å². The van der Waals surface area contributed by atoms with E-state index in [1.165, 1.54) is 12.1 Å². The number of amides is 1. The van der Waals surface area contributed by atoms with Gasteiger partial charge in [-0.05, 0) is 49.6 Å². The van der Waals surface area contributed by atoms with Crippen molar-refractivity contribution in [2.24, 2.45) is 0 Å². The smallest absolute Gasteiger partial charge is 0.255 e. The topological polar surface area (TPSA) is 68.5 Å². The first-order valence-corrected chi connectivity index (χ1v) is 11.7. The summed E-state index contributed by atoms with van der Waals surface area (Å²) in [4.78, 5) is 26.5. The molecule has 1 fully saturated rings. The van der Waals surface area contributed by atoms with E-state index in [4.69, 9.17) is 9.15 Å². The summed E-state index contributed by atoms with van der Waals surface area (Å²) in [6.07, 6.45) is 1.42. The van der Waals surface area contributed by atoms with E-state index in [9.17, 15) is 14.0 Å². The summed E-state index contributed by atoms with van der Waals surface area (Å²) in [6, 6.07) is 20.9. The molecule has 1 N–H and O–H groups in total. The maximum Gasteiger partial charge on any atom is 0.255 e. The molecule has 1 amide bonds. The monoisotopic (exact) mass is 471 g/mol. The molecule has 0 radical (unpaired) electrons. The highest BCUT2D eigenvalue weighted by molar-refractivity contribution is 6.05. The lowest BCUT2D eigenvalue weighted by Gasteiger charge is -2.38. The lowest BCUT2D eigenvalue weighted by Crippen LogP contribution is -2.44. The SMILES string of the molecule is Cc1c(-c2ccccc2)oc2c(C(=O)NCC3(c4ccc(F)cc4)CCOCC3)cccc2c1=O. The number of nitrogens with one attached hydrogen (secondary N) is 1. The fourth-order valence-corrected chi connectivity index (χ4v) is 4.83. The summed E-state index contributed by atoms with van der Waals surface area (Å²) in [5, 5.41) is 3.43. The van der Waals surface area contributed by atoms with Crippen molar-refractivity contribution >= 4 is 16.9 Å². The van der Waals surface area contributed by atoms with E-state index in [0.29, 0.717) is 54.9 Å². The molecule has 0 unspecified atom stereocenters. The Morgan fingerprint density at radius 3 is 2.40 bits per heavy atom. The fourth-order valence-electron chi connectivity index (χ4n) is 4.83. The molecular weight excluding hydrogens is 445 g/mol. The number of para-hydroxylation sites is 1. The van der Waals surface area contributed by atoms with Crippen LogP contribution >= 0.6 is 0 Å². The van der Waals surface area contributed by atoms with Gasteiger partial charge in [0.15, 0.2) is 11.0 Å². The van der Waals surface area contributed by atoms with Gasteiger partial charge < -0.3 is 14.5 Å². The van der Waals surface area contributed by atoms with Crippen molar-refractivity contribution in [3.05, 3.63) is 106 Å². The Hall–Kier alpha value is -3.77.